The molecule has 25 heavy (non-hydrogen) atoms. The number of benzene rings is 1. The Kier molecular flexibility index (Phi) is 5.03. The fourth-order valence-electron chi connectivity index (χ4n) is 2.79. The molecule has 2 aliphatic rings. The van der Waals surface area contributed by atoms with Crippen LogP contribution in [0.25, 0.3) is 0 Å². The Morgan fingerprint density at radius 3 is 2.80 bits per heavy atom. The van der Waals surface area contributed by atoms with Crippen LogP contribution in [0.15, 0.2) is 58.7 Å². The second-order valence-electron chi connectivity index (χ2n) is 6.20. The average molecular weight is 359 g/mol. The van der Waals surface area contributed by atoms with Gasteiger partial charge in [-0.1, -0.05) is 37.3 Å². The molecule has 0 spiro atoms. The minimum absolute atomic E-state index is 0.0374. The smallest absolute Gasteiger partial charge is 0.256 e. The van der Waals surface area contributed by atoms with Gasteiger partial charge in [0, 0.05) is 19.3 Å². The summed E-state index contributed by atoms with van der Waals surface area (Å²) in [6.07, 6.45) is 5.68. The lowest BCUT2D eigenvalue weighted by Crippen LogP contribution is -2.38. The Morgan fingerprint density at radius 2 is 2.04 bits per heavy atom. The Bertz CT molecular complexity index is 842. The molecule has 1 amide bonds. The van der Waals surface area contributed by atoms with Crippen LogP contribution < -0.4 is 5.32 Å². The van der Waals surface area contributed by atoms with E-state index in [1.807, 2.05) is 18.2 Å². The van der Waals surface area contributed by atoms with Gasteiger partial charge >= 0.3 is 0 Å². The van der Waals surface area contributed by atoms with Gasteiger partial charge < -0.3 is 10.2 Å². The minimum atomic E-state index is -3.38. The summed E-state index contributed by atoms with van der Waals surface area (Å²) >= 11 is 0. The molecule has 0 saturated carbocycles. The highest BCUT2D eigenvalue weighted by Gasteiger charge is 2.24. The van der Waals surface area contributed by atoms with Gasteiger partial charge in [0.1, 0.15) is 5.84 Å². The van der Waals surface area contributed by atoms with Gasteiger partial charge in [0.25, 0.3) is 15.9 Å². The van der Waals surface area contributed by atoms with Crippen molar-refractivity contribution in [2.45, 2.75) is 19.3 Å². The average Bonchev–Trinajstić information content (AvgIpc) is 2.61. The summed E-state index contributed by atoms with van der Waals surface area (Å²) in [6.45, 7) is 3.03. The van der Waals surface area contributed by atoms with Gasteiger partial charge in [-0.25, -0.2) is 8.42 Å². The van der Waals surface area contributed by atoms with Crippen molar-refractivity contribution in [2.75, 3.05) is 18.8 Å². The van der Waals surface area contributed by atoms with Gasteiger partial charge in [-0.15, -0.1) is 4.40 Å². The van der Waals surface area contributed by atoms with Crippen LogP contribution in [0.3, 0.4) is 0 Å². The topological polar surface area (TPSA) is 78.8 Å². The monoisotopic (exact) mass is 359 g/mol. The van der Waals surface area contributed by atoms with Gasteiger partial charge in [0.2, 0.25) is 0 Å². The Labute approximate surface area is 148 Å². The first-order chi connectivity index (χ1) is 11.9. The van der Waals surface area contributed by atoms with Crippen molar-refractivity contribution in [1.29, 1.82) is 0 Å². The maximum absolute atomic E-state index is 12.3. The molecular formula is C18H21N3O3S. The van der Waals surface area contributed by atoms with E-state index in [9.17, 15) is 13.2 Å². The standard InChI is InChI=1S/C18H21N3O3S/c1-14(15-5-3-2-4-6-15)9-10-19-18(22)16-7-8-17-20-25(23,24)12-11-21(17)13-16/h2-8,13-14H,9-12H2,1H3,(H,19,22)/t14-/m0/s1. The van der Waals surface area contributed by atoms with E-state index in [0.717, 1.165) is 6.42 Å². The number of carbonyl (C=O) groups excluding carboxylic acids is 1. The van der Waals surface area contributed by atoms with E-state index in [0.29, 0.717) is 30.4 Å². The van der Waals surface area contributed by atoms with Gasteiger partial charge in [0.15, 0.2) is 0 Å². The second-order valence-corrected chi connectivity index (χ2v) is 7.96. The predicted molar refractivity (Wildman–Crippen MR) is 97.6 cm³/mol. The summed E-state index contributed by atoms with van der Waals surface area (Å²) in [5.74, 6) is 0.526. The fourth-order valence-corrected chi connectivity index (χ4v) is 3.76. The zero-order chi connectivity index (χ0) is 17.9. The zero-order valence-corrected chi connectivity index (χ0v) is 14.9. The van der Waals surface area contributed by atoms with E-state index in [-0.39, 0.29) is 11.7 Å². The number of nitrogens with zero attached hydrogens (tertiary/aromatic N) is 2. The van der Waals surface area contributed by atoms with Crippen molar-refractivity contribution in [2.24, 2.45) is 4.40 Å². The van der Waals surface area contributed by atoms with Gasteiger partial charge in [-0.3, -0.25) is 4.79 Å². The van der Waals surface area contributed by atoms with E-state index in [1.54, 1.807) is 23.3 Å². The number of fused-ring (bicyclic) bond motifs is 1. The van der Waals surface area contributed by atoms with Gasteiger partial charge in [-0.2, -0.15) is 0 Å². The lowest BCUT2D eigenvalue weighted by Gasteiger charge is -2.27. The maximum atomic E-state index is 12.3. The van der Waals surface area contributed by atoms with Crippen molar-refractivity contribution >= 4 is 21.8 Å². The van der Waals surface area contributed by atoms with Crippen LogP contribution in [0.2, 0.25) is 0 Å². The first-order valence-electron chi connectivity index (χ1n) is 8.27. The van der Waals surface area contributed by atoms with E-state index in [4.69, 9.17) is 0 Å². The molecule has 2 aliphatic heterocycles. The molecule has 1 aromatic rings. The molecule has 0 saturated heterocycles. The number of rotatable bonds is 5. The van der Waals surface area contributed by atoms with E-state index in [2.05, 4.69) is 28.8 Å². The van der Waals surface area contributed by atoms with Crippen molar-refractivity contribution in [1.82, 2.24) is 10.2 Å². The number of hydrogen-bond acceptors (Lipinski definition) is 4. The molecule has 132 valence electrons. The van der Waals surface area contributed by atoms with Crippen molar-refractivity contribution in [3.05, 3.63) is 59.8 Å². The molecule has 0 aliphatic carbocycles. The van der Waals surface area contributed by atoms with Crippen LogP contribution in [-0.2, 0) is 14.8 Å². The highest BCUT2D eigenvalue weighted by molar-refractivity contribution is 7.90. The maximum Gasteiger partial charge on any atom is 0.256 e. The molecule has 1 aromatic carbocycles. The molecule has 0 bridgehead atoms. The number of nitrogens with one attached hydrogen (secondary N) is 1. The quantitative estimate of drug-likeness (QED) is 0.869. The highest BCUT2D eigenvalue weighted by atomic mass is 32.2. The summed E-state index contributed by atoms with van der Waals surface area (Å²) in [4.78, 5) is 14.0. The summed E-state index contributed by atoms with van der Waals surface area (Å²) in [5, 5.41) is 2.92. The molecule has 7 heteroatoms. The van der Waals surface area contributed by atoms with Crippen LogP contribution in [0.4, 0.5) is 0 Å². The fraction of sp³-hybridized carbons (Fsp3) is 0.333. The lowest BCUT2D eigenvalue weighted by molar-refractivity contribution is -0.117. The number of hydrogen-bond donors (Lipinski definition) is 1. The van der Waals surface area contributed by atoms with E-state index in [1.165, 1.54) is 5.56 Å². The summed E-state index contributed by atoms with van der Waals surface area (Å²) in [6, 6.07) is 10.2. The first-order valence-corrected chi connectivity index (χ1v) is 9.88. The zero-order valence-electron chi connectivity index (χ0n) is 14.1. The lowest BCUT2D eigenvalue weighted by atomic mass is 9.98. The molecule has 0 radical (unpaired) electrons. The molecule has 6 nitrogen and oxygen atoms in total. The summed E-state index contributed by atoms with van der Waals surface area (Å²) < 4.78 is 26.7. The summed E-state index contributed by atoms with van der Waals surface area (Å²) in [7, 11) is -3.38. The number of amidine groups is 1. The number of amides is 1. The third-order valence-corrected chi connectivity index (χ3v) is 5.48. The molecule has 0 unspecified atom stereocenters. The van der Waals surface area contributed by atoms with Gasteiger partial charge in [0.05, 0.1) is 11.3 Å². The first kappa shape index (κ1) is 17.4. The Hall–Kier alpha value is -2.41. The van der Waals surface area contributed by atoms with Crippen LogP contribution in [0.1, 0.15) is 24.8 Å². The van der Waals surface area contributed by atoms with Crippen LogP contribution in [0, 0.1) is 0 Å². The summed E-state index contributed by atoms with van der Waals surface area (Å²) in [5.41, 5.74) is 1.76. The van der Waals surface area contributed by atoms with E-state index < -0.39 is 10.0 Å². The molecule has 1 atom stereocenters. The molecule has 0 aromatic heterocycles. The molecular weight excluding hydrogens is 338 g/mol. The van der Waals surface area contributed by atoms with Crippen LogP contribution in [-0.4, -0.2) is 43.9 Å². The largest absolute Gasteiger partial charge is 0.352 e. The second kappa shape index (κ2) is 7.23. The molecule has 0 fully saturated rings. The van der Waals surface area contributed by atoms with Crippen molar-refractivity contribution in [3.8, 4) is 0 Å². The number of sulfonamides is 1. The number of carbonyl (C=O) groups is 1. The van der Waals surface area contributed by atoms with Crippen molar-refractivity contribution < 1.29 is 13.2 Å². The molecule has 3 rings (SSSR count). The highest BCUT2D eigenvalue weighted by Crippen LogP contribution is 2.18. The van der Waals surface area contributed by atoms with Gasteiger partial charge in [-0.05, 0) is 30.1 Å². The molecule has 1 N–H and O–H groups in total. The third kappa shape index (κ3) is 4.36. The predicted octanol–water partition coefficient (Wildman–Crippen LogP) is 1.79. The normalized spacial score (nSPS) is 19.5. The minimum Gasteiger partial charge on any atom is -0.352 e. The molecule has 2 heterocycles. The SMILES string of the molecule is C[C@@H](CCNC(=O)C1=CN2CCS(=O)(=O)N=C2C=C1)c1ccccc1. The Balaban J connectivity index is 1.55. The third-order valence-electron chi connectivity index (χ3n) is 4.32. The van der Waals surface area contributed by atoms with Crippen molar-refractivity contribution in [3.63, 3.8) is 0 Å². The van der Waals surface area contributed by atoms with E-state index >= 15 is 0 Å². The Morgan fingerprint density at radius 1 is 1.28 bits per heavy atom. The van der Waals surface area contributed by atoms with Crippen LogP contribution in [0.5, 0.6) is 0 Å². The van der Waals surface area contributed by atoms with Crippen LogP contribution >= 0.6 is 0 Å².